The lowest BCUT2D eigenvalue weighted by Crippen LogP contribution is -2.11. The summed E-state index contributed by atoms with van der Waals surface area (Å²) in [6.45, 7) is 1.77. The van der Waals surface area contributed by atoms with Gasteiger partial charge in [0.2, 0.25) is 0 Å². The molecule has 17 heavy (non-hydrogen) atoms. The Morgan fingerprint density at radius 3 is 2.59 bits per heavy atom. The first-order chi connectivity index (χ1) is 8.06. The number of hydrogen-bond donors (Lipinski definition) is 2. The first-order valence-corrected chi connectivity index (χ1v) is 6.75. The Kier molecular flexibility index (Phi) is 3.63. The van der Waals surface area contributed by atoms with Gasteiger partial charge in [0.1, 0.15) is 4.88 Å². The largest absolute Gasteiger partial charge is 0.375 e. The van der Waals surface area contributed by atoms with Gasteiger partial charge in [-0.3, -0.25) is 4.79 Å². The van der Waals surface area contributed by atoms with E-state index in [0.717, 1.165) is 9.26 Å². The lowest BCUT2D eigenvalue weighted by atomic mass is 10.3. The van der Waals surface area contributed by atoms with Crippen molar-refractivity contribution in [2.75, 3.05) is 11.1 Å². The predicted octanol–water partition coefficient (Wildman–Crippen LogP) is 2.89. The van der Waals surface area contributed by atoms with E-state index in [9.17, 15) is 4.79 Å². The summed E-state index contributed by atoms with van der Waals surface area (Å²) < 4.78 is 1.12. The minimum absolute atomic E-state index is 0.169. The van der Waals surface area contributed by atoms with Crippen molar-refractivity contribution >= 4 is 50.7 Å². The Balaban J connectivity index is 2.17. The number of halogens is 1. The van der Waals surface area contributed by atoms with Crippen LogP contribution in [0.2, 0.25) is 0 Å². The van der Waals surface area contributed by atoms with Gasteiger partial charge in [-0.05, 0) is 53.8 Å². The number of nitrogen functional groups attached to an aromatic ring is 1. The average Bonchev–Trinajstić information content (AvgIpc) is 2.61. The molecule has 1 aromatic carbocycles. The van der Waals surface area contributed by atoms with Gasteiger partial charge in [-0.1, -0.05) is 11.3 Å². The van der Waals surface area contributed by atoms with Crippen LogP contribution >= 0.6 is 33.9 Å². The highest BCUT2D eigenvalue weighted by atomic mass is 127. The van der Waals surface area contributed by atoms with E-state index in [4.69, 9.17) is 5.73 Å². The van der Waals surface area contributed by atoms with Crippen LogP contribution in [0.4, 0.5) is 10.8 Å². The highest BCUT2D eigenvalue weighted by Gasteiger charge is 2.14. The molecule has 4 nitrogen and oxygen atoms in total. The van der Waals surface area contributed by atoms with E-state index < -0.39 is 0 Å². The van der Waals surface area contributed by atoms with E-state index in [1.54, 1.807) is 6.92 Å². The van der Waals surface area contributed by atoms with Crippen molar-refractivity contribution in [1.82, 2.24) is 4.98 Å². The molecule has 0 aliphatic carbocycles. The first-order valence-electron chi connectivity index (χ1n) is 4.86. The fraction of sp³-hybridized carbons (Fsp3) is 0.0909. The van der Waals surface area contributed by atoms with Gasteiger partial charge in [-0.15, -0.1) is 0 Å². The van der Waals surface area contributed by atoms with Crippen molar-refractivity contribution in [3.05, 3.63) is 38.4 Å². The summed E-state index contributed by atoms with van der Waals surface area (Å²) in [5.41, 5.74) is 6.98. The lowest BCUT2D eigenvalue weighted by Gasteiger charge is -2.03. The Morgan fingerprint density at radius 2 is 2.06 bits per heavy atom. The van der Waals surface area contributed by atoms with Gasteiger partial charge in [0.25, 0.3) is 5.91 Å². The fourth-order valence-electron chi connectivity index (χ4n) is 1.35. The zero-order valence-electron chi connectivity index (χ0n) is 9.03. The minimum atomic E-state index is -0.169. The molecule has 0 radical (unpaired) electrons. The third-order valence-electron chi connectivity index (χ3n) is 2.12. The van der Waals surface area contributed by atoms with Crippen molar-refractivity contribution in [3.63, 3.8) is 0 Å². The maximum absolute atomic E-state index is 11.9. The normalized spacial score (nSPS) is 10.2. The minimum Gasteiger partial charge on any atom is -0.375 e. The molecule has 0 saturated heterocycles. The van der Waals surface area contributed by atoms with Gasteiger partial charge >= 0.3 is 0 Å². The van der Waals surface area contributed by atoms with E-state index in [2.05, 4.69) is 32.9 Å². The first kappa shape index (κ1) is 12.3. The summed E-state index contributed by atoms with van der Waals surface area (Å²) in [5.74, 6) is -0.169. The summed E-state index contributed by atoms with van der Waals surface area (Å²) in [5, 5.41) is 3.22. The second-order valence-electron chi connectivity index (χ2n) is 3.43. The third kappa shape index (κ3) is 2.95. The number of carbonyl (C=O) groups excluding carboxylic acids is 1. The summed E-state index contributed by atoms with van der Waals surface area (Å²) in [6.07, 6.45) is 0. The monoisotopic (exact) mass is 359 g/mol. The van der Waals surface area contributed by atoms with Crippen LogP contribution < -0.4 is 11.1 Å². The molecule has 88 valence electrons. The van der Waals surface area contributed by atoms with Gasteiger partial charge in [0.15, 0.2) is 5.13 Å². The van der Waals surface area contributed by atoms with Crippen molar-refractivity contribution in [2.45, 2.75) is 6.92 Å². The molecular weight excluding hydrogens is 349 g/mol. The van der Waals surface area contributed by atoms with Crippen molar-refractivity contribution < 1.29 is 4.79 Å². The molecule has 6 heteroatoms. The number of aryl methyl sites for hydroxylation is 1. The van der Waals surface area contributed by atoms with E-state index in [1.807, 2.05) is 24.3 Å². The quantitative estimate of drug-likeness (QED) is 0.811. The number of hydrogen-bond acceptors (Lipinski definition) is 4. The predicted molar refractivity (Wildman–Crippen MR) is 78.4 cm³/mol. The molecule has 0 spiro atoms. The van der Waals surface area contributed by atoms with Crippen LogP contribution in [-0.4, -0.2) is 10.9 Å². The van der Waals surface area contributed by atoms with Crippen LogP contribution in [0.25, 0.3) is 0 Å². The van der Waals surface area contributed by atoms with Crippen LogP contribution in [0.1, 0.15) is 15.4 Å². The molecule has 2 aromatic rings. The number of nitrogens with one attached hydrogen (secondary N) is 1. The topological polar surface area (TPSA) is 68.0 Å². The van der Waals surface area contributed by atoms with Gasteiger partial charge in [-0.2, -0.15) is 0 Å². The van der Waals surface area contributed by atoms with Crippen molar-refractivity contribution in [2.24, 2.45) is 0 Å². The third-order valence-corrected chi connectivity index (χ3v) is 3.83. The molecule has 1 heterocycles. The number of aromatic nitrogens is 1. The van der Waals surface area contributed by atoms with Gasteiger partial charge in [0, 0.05) is 9.26 Å². The highest BCUT2D eigenvalue weighted by molar-refractivity contribution is 14.1. The van der Waals surface area contributed by atoms with Crippen LogP contribution in [0.5, 0.6) is 0 Å². The van der Waals surface area contributed by atoms with Crippen LogP contribution in [0.15, 0.2) is 24.3 Å². The van der Waals surface area contributed by atoms with E-state index in [0.29, 0.717) is 15.7 Å². The molecule has 3 N–H and O–H groups in total. The Bertz CT molecular complexity index is 550. The van der Waals surface area contributed by atoms with Gasteiger partial charge in [-0.25, -0.2) is 4.98 Å². The second-order valence-corrected chi connectivity index (χ2v) is 5.70. The maximum atomic E-state index is 11.9. The molecule has 1 amide bonds. The average molecular weight is 359 g/mol. The maximum Gasteiger partial charge on any atom is 0.267 e. The number of amides is 1. The standard InChI is InChI=1S/C11H10IN3OS/c1-6-9(17-11(13)14-6)10(16)15-8-4-2-7(12)3-5-8/h2-5H,1H3,(H2,13,14)(H,15,16). The van der Waals surface area contributed by atoms with E-state index >= 15 is 0 Å². The molecule has 0 aliphatic heterocycles. The molecular formula is C11H10IN3OS. The van der Waals surface area contributed by atoms with Crippen LogP contribution in [-0.2, 0) is 0 Å². The molecule has 0 bridgehead atoms. The van der Waals surface area contributed by atoms with Crippen LogP contribution in [0.3, 0.4) is 0 Å². The SMILES string of the molecule is Cc1nc(N)sc1C(=O)Nc1ccc(I)cc1. The number of anilines is 2. The zero-order chi connectivity index (χ0) is 12.4. The van der Waals surface area contributed by atoms with Gasteiger partial charge in [0.05, 0.1) is 5.69 Å². The van der Waals surface area contributed by atoms with E-state index in [1.165, 1.54) is 11.3 Å². The number of thiazole rings is 1. The molecule has 0 unspecified atom stereocenters. The van der Waals surface area contributed by atoms with Gasteiger partial charge < -0.3 is 11.1 Å². The Labute approximate surface area is 116 Å². The van der Waals surface area contributed by atoms with Crippen molar-refractivity contribution in [1.29, 1.82) is 0 Å². The van der Waals surface area contributed by atoms with Crippen LogP contribution in [0, 0.1) is 10.5 Å². The lowest BCUT2D eigenvalue weighted by molar-refractivity contribution is 0.103. The second kappa shape index (κ2) is 5.01. The number of benzene rings is 1. The number of carbonyl (C=O) groups is 1. The molecule has 0 fully saturated rings. The summed E-state index contributed by atoms with van der Waals surface area (Å²) in [4.78, 5) is 16.5. The summed E-state index contributed by atoms with van der Waals surface area (Å²) in [7, 11) is 0. The Morgan fingerprint density at radius 1 is 1.41 bits per heavy atom. The number of rotatable bonds is 2. The Hall–Kier alpha value is -1.15. The molecule has 1 aromatic heterocycles. The molecule has 0 saturated carbocycles. The highest BCUT2D eigenvalue weighted by Crippen LogP contribution is 2.21. The molecule has 2 rings (SSSR count). The smallest absolute Gasteiger partial charge is 0.267 e. The zero-order valence-corrected chi connectivity index (χ0v) is 12.0. The summed E-state index contributed by atoms with van der Waals surface area (Å²) in [6, 6.07) is 7.59. The molecule has 0 atom stereocenters. The fourth-order valence-corrected chi connectivity index (χ4v) is 2.44. The molecule has 0 aliphatic rings. The van der Waals surface area contributed by atoms with Crippen molar-refractivity contribution in [3.8, 4) is 0 Å². The van der Waals surface area contributed by atoms with E-state index in [-0.39, 0.29) is 5.91 Å². The number of nitrogens with zero attached hydrogens (tertiary/aromatic N) is 1. The number of nitrogens with two attached hydrogens (primary N) is 1. The summed E-state index contributed by atoms with van der Waals surface area (Å²) >= 11 is 3.41.